The molecule has 0 spiro atoms. The minimum Gasteiger partial charge on any atom is -0.452 e. The Labute approximate surface area is 124 Å². The Morgan fingerprint density at radius 3 is 2.33 bits per heavy atom. The number of nitrogens with zero attached hydrogens (tertiary/aromatic N) is 1. The summed E-state index contributed by atoms with van der Waals surface area (Å²) in [4.78, 5) is 35.8. The summed E-state index contributed by atoms with van der Waals surface area (Å²) in [6.07, 6.45) is 0.887. The van der Waals surface area contributed by atoms with Crippen LogP contribution in [0.2, 0.25) is 0 Å². The number of esters is 1. The first kappa shape index (κ1) is 16.7. The molecular formula is C15H20N2O4. The lowest BCUT2D eigenvalue weighted by molar-refractivity contribution is -0.137. The quantitative estimate of drug-likeness (QED) is 0.780. The van der Waals surface area contributed by atoms with E-state index in [2.05, 4.69) is 5.32 Å². The van der Waals surface area contributed by atoms with Crippen LogP contribution in [0, 0.1) is 0 Å². The summed E-state index contributed by atoms with van der Waals surface area (Å²) in [6, 6.07) is 7.02. The third kappa shape index (κ3) is 5.25. The summed E-state index contributed by atoms with van der Waals surface area (Å²) in [5.74, 6) is -1.27. The molecule has 2 amide bonds. The van der Waals surface area contributed by atoms with E-state index >= 15 is 0 Å². The van der Waals surface area contributed by atoms with Crippen molar-refractivity contribution in [2.45, 2.75) is 13.3 Å². The van der Waals surface area contributed by atoms with Crippen LogP contribution in [0.25, 0.3) is 0 Å². The van der Waals surface area contributed by atoms with Gasteiger partial charge in [-0.1, -0.05) is 19.1 Å². The lowest BCUT2D eigenvalue weighted by atomic mass is 10.1. The Morgan fingerprint density at radius 2 is 1.81 bits per heavy atom. The summed E-state index contributed by atoms with van der Waals surface area (Å²) >= 11 is 0. The number of nitrogens with one attached hydrogen (secondary N) is 1. The van der Waals surface area contributed by atoms with Gasteiger partial charge in [-0.2, -0.15) is 0 Å². The zero-order valence-electron chi connectivity index (χ0n) is 12.5. The van der Waals surface area contributed by atoms with Gasteiger partial charge in [0.05, 0.1) is 12.1 Å². The topological polar surface area (TPSA) is 75.7 Å². The van der Waals surface area contributed by atoms with Gasteiger partial charge in [0.2, 0.25) is 5.91 Å². The number of ether oxygens (including phenoxy) is 1. The first-order valence-electron chi connectivity index (χ1n) is 6.68. The number of carbonyl (C=O) groups excluding carboxylic acids is 3. The summed E-state index contributed by atoms with van der Waals surface area (Å²) in [7, 11) is 2.96. The van der Waals surface area contributed by atoms with Gasteiger partial charge in [0.1, 0.15) is 0 Å². The SMILES string of the molecule is CCc1ccc(C(=O)OCC(=O)N(C)CC(=O)NC)cc1. The van der Waals surface area contributed by atoms with Gasteiger partial charge in [0.15, 0.2) is 6.61 Å². The van der Waals surface area contributed by atoms with Crippen molar-refractivity contribution in [1.29, 1.82) is 0 Å². The van der Waals surface area contributed by atoms with Gasteiger partial charge < -0.3 is 15.0 Å². The average Bonchev–Trinajstić information content (AvgIpc) is 2.51. The molecule has 6 heteroatoms. The van der Waals surface area contributed by atoms with Gasteiger partial charge in [-0.15, -0.1) is 0 Å². The van der Waals surface area contributed by atoms with Crippen LogP contribution in [-0.2, 0) is 20.7 Å². The van der Waals surface area contributed by atoms with E-state index < -0.39 is 11.9 Å². The molecule has 0 bridgehead atoms. The molecule has 0 saturated carbocycles. The Balaban J connectivity index is 2.48. The van der Waals surface area contributed by atoms with Crippen molar-refractivity contribution in [3.8, 4) is 0 Å². The van der Waals surface area contributed by atoms with Gasteiger partial charge in [-0.25, -0.2) is 4.79 Å². The zero-order valence-corrected chi connectivity index (χ0v) is 12.5. The number of carbonyl (C=O) groups is 3. The van der Waals surface area contributed by atoms with E-state index in [9.17, 15) is 14.4 Å². The lowest BCUT2D eigenvalue weighted by Gasteiger charge is -2.15. The molecule has 0 fully saturated rings. The lowest BCUT2D eigenvalue weighted by Crippen LogP contribution is -2.39. The van der Waals surface area contributed by atoms with E-state index in [0.717, 1.165) is 12.0 Å². The molecule has 6 nitrogen and oxygen atoms in total. The second-order valence-corrected chi connectivity index (χ2v) is 4.55. The van der Waals surface area contributed by atoms with Crippen molar-refractivity contribution in [2.24, 2.45) is 0 Å². The van der Waals surface area contributed by atoms with E-state index in [1.807, 2.05) is 19.1 Å². The fraction of sp³-hybridized carbons (Fsp3) is 0.400. The number of benzene rings is 1. The maximum Gasteiger partial charge on any atom is 0.338 e. The minimum absolute atomic E-state index is 0.0713. The summed E-state index contributed by atoms with van der Waals surface area (Å²) in [5, 5.41) is 2.41. The third-order valence-electron chi connectivity index (χ3n) is 3.01. The van der Waals surface area contributed by atoms with Gasteiger partial charge >= 0.3 is 5.97 Å². The van der Waals surface area contributed by atoms with Crippen molar-refractivity contribution in [2.75, 3.05) is 27.2 Å². The van der Waals surface area contributed by atoms with E-state index in [1.165, 1.54) is 19.0 Å². The second-order valence-electron chi connectivity index (χ2n) is 4.55. The molecule has 1 N–H and O–H groups in total. The van der Waals surface area contributed by atoms with Crippen molar-refractivity contribution in [3.05, 3.63) is 35.4 Å². The highest BCUT2D eigenvalue weighted by atomic mass is 16.5. The van der Waals surface area contributed by atoms with E-state index in [0.29, 0.717) is 5.56 Å². The number of likely N-dealkylation sites (N-methyl/N-ethyl adjacent to an activating group) is 2. The summed E-state index contributed by atoms with van der Waals surface area (Å²) in [6.45, 7) is 1.56. The molecule has 0 aromatic heterocycles. The predicted molar refractivity (Wildman–Crippen MR) is 77.8 cm³/mol. The van der Waals surface area contributed by atoms with Crippen LogP contribution in [0.15, 0.2) is 24.3 Å². The van der Waals surface area contributed by atoms with Gasteiger partial charge in [0, 0.05) is 14.1 Å². The van der Waals surface area contributed by atoms with Crippen LogP contribution in [0.4, 0.5) is 0 Å². The highest BCUT2D eigenvalue weighted by molar-refractivity contribution is 5.92. The number of rotatable bonds is 6. The molecule has 114 valence electrons. The van der Waals surface area contributed by atoms with E-state index in [4.69, 9.17) is 4.74 Å². The minimum atomic E-state index is -0.556. The van der Waals surface area contributed by atoms with Crippen LogP contribution in [0.1, 0.15) is 22.8 Å². The van der Waals surface area contributed by atoms with Crippen LogP contribution < -0.4 is 5.32 Å². The molecule has 1 rings (SSSR count). The molecule has 0 heterocycles. The summed E-state index contributed by atoms with van der Waals surface area (Å²) < 4.78 is 4.94. The molecule has 1 aromatic carbocycles. The molecule has 0 atom stereocenters. The molecule has 0 aliphatic rings. The fourth-order valence-corrected chi connectivity index (χ4v) is 1.58. The number of amides is 2. The van der Waals surface area contributed by atoms with Crippen molar-refractivity contribution < 1.29 is 19.1 Å². The number of aryl methyl sites for hydroxylation is 1. The van der Waals surface area contributed by atoms with Gasteiger partial charge in [-0.05, 0) is 24.1 Å². The highest BCUT2D eigenvalue weighted by Gasteiger charge is 2.15. The van der Waals surface area contributed by atoms with Crippen LogP contribution in [0.5, 0.6) is 0 Å². The molecular weight excluding hydrogens is 272 g/mol. The zero-order chi connectivity index (χ0) is 15.8. The Bertz CT molecular complexity index is 511. The third-order valence-corrected chi connectivity index (χ3v) is 3.01. The molecule has 0 radical (unpaired) electrons. The largest absolute Gasteiger partial charge is 0.452 e. The normalized spacial score (nSPS) is 9.86. The van der Waals surface area contributed by atoms with Crippen molar-refractivity contribution in [1.82, 2.24) is 10.2 Å². The van der Waals surface area contributed by atoms with E-state index in [-0.39, 0.29) is 19.1 Å². The predicted octanol–water partition coefficient (Wildman–Crippen LogP) is 0.610. The molecule has 0 unspecified atom stereocenters. The Kier molecular flexibility index (Phi) is 6.39. The Hall–Kier alpha value is -2.37. The maximum absolute atomic E-state index is 11.8. The summed E-state index contributed by atoms with van der Waals surface area (Å²) in [5.41, 5.74) is 1.52. The molecule has 21 heavy (non-hydrogen) atoms. The molecule has 0 aliphatic heterocycles. The van der Waals surface area contributed by atoms with Gasteiger partial charge in [0.25, 0.3) is 5.91 Å². The van der Waals surface area contributed by atoms with E-state index in [1.54, 1.807) is 12.1 Å². The van der Waals surface area contributed by atoms with Crippen molar-refractivity contribution >= 4 is 17.8 Å². The average molecular weight is 292 g/mol. The highest BCUT2D eigenvalue weighted by Crippen LogP contribution is 2.06. The molecule has 0 saturated heterocycles. The van der Waals surface area contributed by atoms with Crippen LogP contribution in [-0.4, -0.2) is 49.9 Å². The standard InChI is InChI=1S/C15H20N2O4/c1-4-11-5-7-12(8-6-11)15(20)21-10-14(19)17(3)9-13(18)16-2/h5-8H,4,9-10H2,1-3H3,(H,16,18). The maximum atomic E-state index is 11.8. The fourth-order valence-electron chi connectivity index (χ4n) is 1.58. The number of hydrogen-bond donors (Lipinski definition) is 1. The molecule has 1 aromatic rings. The van der Waals surface area contributed by atoms with Crippen LogP contribution in [0.3, 0.4) is 0 Å². The smallest absolute Gasteiger partial charge is 0.338 e. The Morgan fingerprint density at radius 1 is 1.19 bits per heavy atom. The monoisotopic (exact) mass is 292 g/mol. The first-order valence-corrected chi connectivity index (χ1v) is 6.68. The van der Waals surface area contributed by atoms with Crippen LogP contribution >= 0.6 is 0 Å². The second kappa shape index (κ2) is 8.04. The molecule has 0 aliphatic carbocycles. The van der Waals surface area contributed by atoms with Gasteiger partial charge in [-0.3, -0.25) is 9.59 Å². The van der Waals surface area contributed by atoms with Crippen molar-refractivity contribution in [3.63, 3.8) is 0 Å². The first-order chi connectivity index (χ1) is 9.97. The number of hydrogen-bond acceptors (Lipinski definition) is 4.